The largest absolute Gasteiger partial charge is 0.481 e. The highest BCUT2D eigenvalue weighted by Gasteiger charge is 2.30. The van der Waals surface area contributed by atoms with Gasteiger partial charge in [-0.25, -0.2) is 8.78 Å². The molecular weight excluding hydrogens is 256 g/mol. The molecule has 1 aliphatic rings. The molecule has 1 unspecified atom stereocenters. The molecule has 1 aliphatic carbocycles. The number of halogens is 2. The third kappa shape index (κ3) is 3.57. The fourth-order valence-corrected chi connectivity index (χ4v) is 1.79. The van der Waals surface area contributed by atoms with E-state index in [0.717, 1.165) is 31.0 Å². The lowest BCUT2D eigenvalue weighted by Crippen LogP contribution is -2.40. The molecule has 0 radical (unpaired) electrons. The summed E-state index contributed by atoms with van der Waals surface area (Å²) in [7, 11) is 0. The van der Waals surface area contributed by atoms with Gasteiger partial charge in [0.15, 0.2) is 17.4 Å². The number of carbonyl (C=O) groups is 2. The molecule has 2 rings (SSSR count). The molecule has 1 fully saturated rings. The van der Waals surface area contributed by atoms with Crippen LogP contribution in [0.2, 0.25) is 0 Å². The van der Waals surface area contributed by atoms with E-state index in [0.29, 0.717) is 0 Å². The number of rotatable bonds is 6. The minimum atomic E-state index is -1.12. The summed E-state index contributed by atoms with van der Waals surface area (Å²) >= 11 is 0. The first kappa shape index (κ1) is 13.6. The van der Waals surface area contributed by atoms with Crippen molar-refractivity contribution in [1.29, 1.82) is 0 Å². The standard InChI is InChI=1S/C13H13F2NO3/c14-9-4-1-7(5-10(9)15)13(19)11(6-12(17)18)16-8-2-3-8/h1,4-5,8,11,16H,2-3,6H2,(H,17,18). The smallest absolute Gasteiger partial charge is 0.305 e. The van der Waals surface area contributed by atoms with E-state index in [-0.39, 0.29) is 18.0 Å². The second-order valence-electron chi connectivity index (χ2n) is 4.58. The summed E-state index contributed by atoms with van der Waals surface area (Å²) in [5, 5.41) is 11.7. The summed E-state index contributed by atoms with van der Waals surface area (Å²) in [5.41, 5.74) is -0.0294. The molecule has 0 bridgehead atoms. The first-order valence-electron chi connectivity index (χ1n) is 5.94. The van der Waals surface area contributed by atoms with E-state index in [1.54, 1.807) is 0 Å². The zero-order valence-electron chi connectivity index (χ0n) is 10.0. The monoisotopic (exact) mass is 269 g/mol. The molecule has 0 aromatic heterocycles. The van der Waals surface area contributed by atoms with Crippen molar-refractivity contribution >= 4 is 11.8 Å². The number of Topliss-reactive ketones (excluding diaryl/α,β-unsaturated/α-hetero) is 1. The van der Waals surface area contributed by atoms with Gasteiger partial charge in [-0.05, 0) is 31.0 Å². The normalized spacial score (nSPS) is 16.1. The Kier molecular flexibility index (Phi) is 3.90. The Bertz CT molecular complexity index is 515. The molecule has 4 nitrogen and oxygen atoms in total. The van der Waals surface area contributed by atoms with Gasteiger partial charge in [-0.3, -0.25) is 9.59 Å². The quantitative estimate of drug-likeness (QED) is 0.772. The summed E-state index contributed by atoms with van der Waals surface area (Å²) in [6.07, 6.45) is 1.40. The Balaban J connectivity index is 2.16. The van der Waals surface area contributed by atoms with E-state index < -0.39 is 29.4 Å². The molecule has 0 spiro atoms. The average molecular weight is 269 g/mol. The average Bonchev–Trinajstić information content (AvgIpc) is 3.14. The van der Waals surface area contributed by atoms with Crippen LogP contribution in [0.5, 0.6) is 0 Å². The summed E-state index contributed by atoms with van der Waals surface area (Å²) in [6, 6.07) is 2.04. The summed E-state index contributed by atoms with van der Waals surface area (Å²) < 4.78 is 25.9. The Hall–Kier alpha value is -1.82. The van der Waals surface area contributed by atoms with Gasteiger partial charge in [-0.15, -0.1) is 0 Å². The van der Waals surface area contributed by atoms with Crippen LogP contribution in [0.1, 0.15) is 29.6 Å². The van der Waals surface area contributed by atoms with E-state index >= 15 is 0 Å². The van der Waals surface area contributed by atoms with Crippen LogP contribution < -0.4 is 5.32 Å². The number of aliphatic carboxylic acids is 1. The molecule has 1 saturated carbocycles. The molecule has 6 heteroatoms. The predicted octanol–water partition coefficient (Wildman–Crippen LogP) is 1.74. The van der Waals surface area contributed by atoms with Gasteiger partial charge in [0.1, 0.15) is 0 Å². The molecule has 0 heterocycles. The van der Waals surface area contributed by atoms with Crippen molar-refractivity contribution in [2.75, 3.05) is 0 Å². The second kappa shape index (κ2) is 5.44. The molecule has 2 N–H and O–H groups in total. The summed E-state index contributed by atoms with van der Waals surface area (Å²) in [6.45, 7) is 0. The van der Waals surface area contributed by atoms with Crippen LogP contribution in [0.25, 0.3) is 0 Å². The van der Waals surface area contributed by atoms with E-state index in [1.807, 2.05) is 0 Å². The minimum Gasteiger partial charge on any atom is -0.481 e. The number of carbonyl (C=O) groups excluding carboxylic acids is 1. The van der Waals surface area contributed by atoms with Crippen molar-refractivity contribution in [3.05, 3.63) is 35.4 Å². The van der Waals surface area contributed by atoms with E-state index in [2.05, 4.69) is 5.32 Å². The maximum Gasteiger partial charge on any atom is 0.305 e. The van der Waals surface area contributed by atoms with Crippen LogP contribution in [0.4, 0.5) is 8.78 Å². The molecule has 1 aromatic carbocycles. The topological polar surface area (TPSA) is 66.4 Å². The lowest BCUT2D eigenvalue weighted by molar-refractivity contribution is -0.137. The van der Waals surface area contributed by atoms with Crippen molar-refractivity contribution in [2.24, 2.45) is 0 Å². The van der Waals surface area contributed by atoms with Crippen molar-refractivity contribution in [3.63, 3.8) is 0 Å². The Morgan fingerprint density at radius 2 is 2.00 bits per heavy atom. The Labute approximate surface area is 108 Å². The van der Waals surface area contributed by atoms with E-state index in [4.69, 9.17) is 5.11 Å². The third-order valence-corrected chi connectivity index (χ3v) is 2.91. The van der Waals surface area contributed by atoms with Gasteiger partial charge in [0.2, 0.25) is 0 Å². The Morgan fingerprint density at radius 3 is 2.53 bits per heavy atom. The molecule has 102 valence electrons. The van der Waals surface area contributed by atoms with Gasteiger partial charge in [0.05, 0.1) is 12.5 Å². The zero-order valence-corrected chi connectivity index (χ0v) is 10.0. The number of ketones is 1. The van der Waals surface area contributed by atoms with Crippen LogP contribution in [0.15, 0.2) is 18.2 Å². The second-order valence-corrected chi connectivity index (χ2v) is 4.58. The number of carboxylic acid groups (broad SMARTS) is 1. The van der Waals surface area contributed by atoms with Gasteiger partial charge in [0, 0.05) is 11.6 Å². The van der Waals surface area contributed by atoms with Gasteiger partial charge >= 0.3 is 5.97 Å². The van der Waals surface area contributed by atoms with Crippen LogP contribution in [0.3, 0.4) is 0 Å². The number of hydrogen-bond donors (Lipinski definition) is 2. The molecule has 0 amide bonds. The van der Waals surface area contributed by atoms with Crippen molar-refractivity contribution in [1.82, 2.24) is 5.32 Å². The fourth-order valence-electron chi connectivity index (χ4n) is 1.79. The third-order valence-electron chi connectivity index (χ3n) is 2.91. The van der Waals surface area contributed by atoms with Gasteiger partial charge < -0.3 is 10.4 Å². The fraction of sp³-hybridized carbons (Fsp3) is 0.385. The molecule has 19 heavy (non-hydrogen) atoms. The summed E-state index contributed by atoms with van der Waals surface area (Å²) in [5.74, 6) is -3.81. The number of nitrogens with one attached hydrogen (secondary N) is 1. The van der Waals surface area contributed by atoms with Crippen molar-refractivity contribution in [3.8, 4) is 0 Å². The van der Waals surface area contributed by atoms with Gasteiger partial charge in [-0.2, -0.15) is 0 Å². The maximum absolute atomic E-state index is 13.1. The van der Waals surface area contributed by atoms with Crippen molar-refractivity contribution in [2.45, 2.75) is 31.3 Å². The number of carboxylic acids is 1. The highest BCUT2D eigenvalue weighted by Crippen LogP contribution is 2.21. The lowest BCUT2D eigenvalue weighted by atomic mass is 10.0. The highest BCUT2D eigenvalue weighted by atomic mass is 19.2. The molecule has 1 atom stereocenters. The molecule has 1 aromatic rings. The SMILES string of the molecule is O=C(O)CC(NC1CC1)C(=O)c1ccc(F)c(F)c1. The van der Waals surface area contributed by atoms with E-state index in [9.17, 15) is 18.4 Å². The predicted molar refractivity (Wildman–Crippen MR) is 62.9 cm³/mol. The molecular formula is C13H13F2NO3. The van der Waals surface area contributed by atoms with Crippen LogP contribution in [-0.4, -0.2) is 28.9 Å². The van der Waals surface area contributed by atoms with Gasteiger partial charge in [0.25, 0.3) is 0 Å². The van der Waals surface area contributed by atoms with Crippen LogP contribution in [0, 0.1) is 11.6 Å². The summed E-state index contributed by atoms with van der Waals surface area (Å²) in [4.78, 5) is 22.8. The Morgan fingerprint density at radius 1 is 1.32 bits per heavy atom. The first-order chi connectivity index (χ1) is 8.97. The minimum absolute atomic E-state index is 0.0294. The maximum atomic E-state index is 13.1. The molecule has 0 saturated heterocycles. The molecule has 0 aliphatic heterocycles. The van der Waals surface area contributed by atoms with E-state index in [1.165, 1.54) is 0 Å². The highest BCUT2D eigenvalue weighted by molar-refractivity contribution is 6.01. The van der Waals surface area contributed by atoms with Crippen LogP contribution in [-0.2, 0) is 4.79 Å². The first-order valence-corrected chi connectivity index (χ1v) is 5.94. The lowest BCUT2D eigenvalue weighted by Gasteiger charge is -2.15. The van der Waals surface area contributed by atoms with Crippen molar-refractivity contribution < 1.29 is 23.5 Å². The number of hydrogen-bond acceptors (Lipinski definition) is 3. The van der Waals surface area contributed by atoms with Crippen LogP contribution >= 0.6 is 0 Å². The number of benzene rings is 1. The zero-order chi connectivity index (χ0) is 14.0. The van der Waals surface area contributed by atoms with Gasteiger partial charge in [-0.1, -0.05) is 0 Å².